The fraction of sp³-hybridized carbons (Fsp3) is 0.538. The number of hydrogen-bond donors (Lipinski definition) is 1. The molecule has 5 nitrogen and oxygen atoms in total. The lowest BCUT2D eigenvalue weighted by Crippen LogP contribution is -2.28. The van der Waals surface area contributed by atoms with E-state index in [0.717, 1.165) is 19.5 Å². The largest absolute Gasteiger partial charge is 0.487 e. The molecular formula is C13H18N2O3. The Hall–Kier alpha value is -1.62. The predicted molar refractivity (Wildman–Crippen MR) is 68.8 cm³/mol. The zero-order valence-electron chi connectivity index (χ0n) is 10.3. The molecule has 1 aliphatic rings. The maximum atomic E-state index is 10.8. The number of benzene rings is 1. The van der Waals surface area contributed by atoms with Crippen LogP contribution in [0.5, 0.6) is 5.75 Å². The molecule has 1 N–H and O–H groups in total. The van der Waals surface area contributed by atoms with Crippen LogP contribution in [0.25, 0.3) is 0 Å². The summed E-state index contributed by atoms with van der Waals surface area (Å²) in [6.45, 7) is 2.68. The van der Waals surface area contributed by atoms with Crippen LogP contribution in [0.15, 0.2) is 24.3 Å². The van der Waals surface area contributed by atoms with Crippen LogP contribution in [0.3, 0.4) is 0 Å². The highest BCUT2D eigenvalue weighted by Crippen LogP contribution is 2.26. The normalized spacial score (nSPS) is 16.4. The summed E-state index contributed by atoms with van der Waals surface area (Å²) in [4.78, 5) is 10.4. The van der Waals surface area contributed by atoms with E-state index in [1.54, 1.807) is 18.2 Å². The molecule has 0 bridgehead atoms. The van der Waals surface area contributed by atoms with Gasteiger partial charge in [-0.15, -0.1) is 0 Å². The summed E-state index contributed by atoms with van der Waals surface area (Å²) in [5.74, 6) is 1.05. The second-order valence-electron chi connectivity index (χ2n) is 4.56. The van der Waals surface area contributed by atoms with E-state index in [9.17, 15) is 10.1 Å². The predicted octanol–water partition coefficient (Wildman–Crippen LogP) is 2.36. The van der Waals surface area contributed by atoms with Crippen molar-refractivity contribution in [3.8, 4) is 5.75 Å². The Bertz CT molecular complexity index is 403. The van der Waals surface area contributed by atoms with Gasteiger partial charge in [0.25, 0.3) is 0 Å². The number of nitrogens with zero attached hydrogens (tertiary/aromatic N) is 1. The number of para-hydroxylation sites is 2. The van der Waals surface area contributed by atoms with Crippen molar-refractivity contribution in [1.29, 1.82) is 0 Å². The molecule has 0 aromatic heterocycles. The van der Waals surface area contributed by atoms with Crippen LogP contribution in [-0.4, -0.2) is 24.6 Å². The first-order chi connectivity index (χ1) is 8.77. The number of nitrogens with one attached hydrogen (secondary N) is 1. The first-order valence-electron chi connectivity index (χ1n) is 6.34. The van der Waals surface area contributed by atoms with E-state index in [-0.39, 0.29) is 5.69 Å². The van der Waals surface area contributed by atoms with Gasteiger partial charge < -0.3 is 10.1 Å². The van der Waals surface area contributed by atoms with E-state index >= 15 is 0 Å². The van der Waals surface area contributed by atoms with Crippen LogP contribution in [0.1, 0.15) is 19.3 Å². The van der Waals surface area contributed by atoms with Gasteiger partial charge in [0, 0.05) is 6.07 Å². The van der Waals surface area contributed by atoms with Crippen LogP contribution in [0.4, 0.5) is 5.69 Å². The molecule has 0 radical (unpaired) electrons. The van der Waals surface area contributed by atoms with Crippen molar-refractivity contribution in [2.24, 2.45) is 5.92 Å². The maximum absolute atomic E-state index is 10.8. The lowest BCUT2D eigenvalue weighted by atomic mass is 9.95. The third kappa shape index (κ3) is 3.43. The van der Waals surface area contributed by atoms with Crippen LogP contribution in [0, 0.1) is 16.0 Å². The molecule has 0 spiro atoms. The summed E-state index contributed by atoms with van der Waals surface area (Å²) in [6.07, 6.45) is 3.30. The third-order valence-electron chi connectivity index (χ3n) is 3.30. The fourth-order valence-corrected chi connectivity index (χ4v) is 2.24. The molecule has 98 valence electrons. The van der Waals surface area contributed by atoms with Crippen LogP contribution < -0.4 is 10.1 Å². The number of hydrogen-bond acceptors (Lipinski definition) is 4. The average molecular weight is 250 g/mol. The molecule has 18 heavy (non-hydrogen) atoms. The number of piperidine rings is 1. The molecule has 0 saturated carbocycles. The highest BCUT2D eigenvalue weighted by atomic mass is 16.6. The zero-order valence-corrected chi connectivity index (χ0v) is 10.3. The van der Waals surface area contributed by atoms with Crippen molar-refractivity contribution in [2.45, 2.75) is 19.3 Å². The van der Waals surface area contributed by atoms with Gasteiger partial charge in [-0.25, -0.2) is 0 Å². The first kappa shape index (κ1) is 12.8. The summed E-state index contributed by atoms with van der Waals surface area (Å²) < 4.78 is 5.54. The van der Waals surface area contributed by atoms with Gasteiger partial charge in [-0.1, -0.05) is 12.1 Å². The van der Waals surface area contributed by atoms with Crippen molar-refractivity contribution in [1.82, 2.24) is 5.32 Å². The third-order valence-corrected chi connectivity index (χ3v) is 3.30. The fourth-order valence-electron chi connectivity index (χ4n) is 2.24. The van der Waals surface area contributed by atoms with Crippen molar-refractivity contribution in [3.63, 3.8) is 0 Å². The topological polar surface area (TPSA) is 64.4 Å². The van der Waals surface area contributed by atoms with Gasteiger partial charge in [0.05, 0.1) is 11.5 Å². The SMILES string of the molecule is O=[N+]([O-])c1ccccc1OCCC1CCNCC1. The minimum Gasteiger partial charge on any atom is -0.487 e. The Morgan fingerprint density at radius 3 is 2.78 bits per heavy atom. The minimum absolute atomic E-state index is 0.0443. The summed E-state index contributed by atoms with van der Waals surface area (Å²) in [5.41, 5.74) is 0.0443. The first-order valence-corrected chi connectivity index (χ1v) is 6.34. The lowest BCUT2D eigenvalue weighted by molar-refractivity contribution is -0.385. The zero-order chi connectivity index (χ0) is 12.8. The van der Waals surface area contributed by atoms with E-state index in [0.29, 0.717) is 18.3 Å². The van der Waals surface area contributed by atoms with Gasteiger partial charge >= 0.3 is 5.69 Å². The van der Waals surface area contributed by atoms with Gasteiger partial charge in [0.1, 0.15) is 0 Å². The molecule has 5 heteroatoms. The molecule has 1 aromatic carbocycles. The molecule has 1 saturated heterocycles. The van der Waals surface area contributed by atoms with E-state index in [2.05, 4.69) is 5.32 Å². The van der Waals surface area contributed by atoms with E-state index < -0.39 is 4.92 Å². The molecule has 0 atom stereocenters. The number of ether oxygens (including phenoxy) is 1. The second kappa shape index (κ2) is 6.35. The lowest BCUT2D eigenvalue weighted by Gasteiger charge is -2.22. The maximum Gasteiger partial charge on any atom is 0.310 e. The van der Waals surface area contributed by atoms with Gasteiger partial charge in [0.2, 0.25) is 0 Å². The van der Waals surface area contributed by atoms with Crippen molar-refractivity contribution < 1.29 is 9.66 Å². The summed E-state index contributed by atoms with van der Waals surface area (Å²) in [6, 6.07) is 6.53. The van der Waals surface area contributed by atoms with Crippen molar-refractivity contribution in [3.05, 3.63) is 34.4 Å². The molecule has 0 aliphatic carbocycles. The molecule has 0 amide bonds. The molecule has 1 aromatic rings. The highest BCUT2D eigenvalue weighted by molar-refractivity contribution is 5.45. The molecular weight excluding hydrogens is 232 g/mol. The van der Waals surface area contributed by atoms with Gasteiger partial charge in [-0.05, 0) is 44.3 Å². The van der Waals surface area contributed by atoms with E-state index in [4.69, 9.17) is 4.74 Å². The number of nitro benzene ring substituents is 1. The smallest absolute Gasteiger partial charge is 0.310 e. The molecule has 1 fully saturated rings. The molecule has 0 unspecified atom stereocenters. The standard InChI is InChI=1S/C13H18N2O3/c16-15(17)12-3-1-2-4-13(12)18-10-7-11-5-8-14-9-6-11/h1-4,11,14H,5-10H2. The highest BCUT2D eigenvalue weighted by Gasteiger charge is 2.16. The molecule has 1 heterocycles. The molecule has 1 aliphatic heterocycles. The quantitative estimate of drug-likeness (QED) is 0.643. The monoisotopic (exact) mass is 250 g/mol. The Balaban J connectivity index is 1.84. The minimum atomic E-state index is -0.403. The van der Waals surface area contributed by atoms with Crippen LogP contribution in [0.2, 0.25) is 0 Å². The average Bonchev–Trinajstić information content (AvgIpc) is 2.40. The Morgan fingerprint density at radius 1 is 1.33 bits per heavy atom. The molecule has 2 rings (SSSR count). The Kier molecular flexibility index (Phi) is 4.52. The number of nitro groups is 1. The summed E-state index contributed by atoms with van der Waals surface area (Å²) in [5, 5.41) is 14.1. The van der Waals surface area contributed by atoms with E-state index in [1.807, 2.05) is 0 Å². The Labute approximate surface area is 106 Å². The summed E-state index contributed by atoms with van der Waals surface area (Å²) >= 11 is 0. The number of rotatable bonds is 5. The van der Waals surface area contributed by atoms with Gasteiger partial charge in [-0.3, -0.25) is 10.1 Å². The van der Waals surface area contributed by atoms with Crippen molar-refractivity contribution >= 4 is 5.69 Å². The van der Waals surface area contributed by atoms with Gasteiger partial charge in [-0.2, -0.15) is 0 Å². The Morgan fingerprint density at radius 2 is 2.06 bits per heavy atom. The van der Waals surface area contributed by atoms with Gasteiger partial charge in [0.15, 0.2) is 5.75 Å². The second-order valence-corrected chi connectivity index (χ2v) is 4.56. The van der Waals surface area contributed by atoms with Crippen LogP contribution >= 0.6 is 0 Å². The summed E-state index contributed by atoms with van der Waals surface area (Å²) in [7, 11) is 0. The van der Waals surface area contributed by atoms with Crippen LogP contribution in [-0.2, 0) is 0 Å². The van der Waals surface area contributed by atoms with E-state index in [1.165, 1.54) is 18.9 Å². The van der Waals surface area contributed by atoms with Crippen molar-refractivity contribution in [2.75, 3.05) is 19.7 Å².